The molecule has 8 nitrogen and oxygen atoms in total. The average Bonchev–Trinajstić information content (AvgIpc) is 3.06. The Morgan fingerprint density at radius 2 is 1.81 bits per heavy atom. The first-order chi connectivity index (χ1) is 15.3. The topological polar surface area (TPSA) is 96.0 Å². The van der Waals surface area contributed by atoms with Crippen molar-refractivity contribution in [1.29, 1.82) is 0 Å². The van der Waals surface area contributed by atoms with E-state index < -0.39 is 15.9 Å². The summed E-state index contributed by atoms with van der Waals surface area (Å²) >= 11 is 0. The highest BCUT2D eigenvalue weighted by molar-refractivity contribution is 7.89. The third kappa shape index (κ3) is 4.78. The van der Waals surface area contributed by atoms with E-state index in [4.69, 9.17) is 4.74 Å². The van der Waals surface area contributed by atoms with E-state index in [2.05, 4.69) is 5.32 Å². The van der Waals surface area contributed by atoms with Gasteiger partial charge < -0.3 is 10.1 Å². The summed E-state index contributed by atoms with van der Waals surface area (Å²) < 4.78 is 33.4. The molecule has 1 N–H and O–H groups in total. The van der Waals surface area contributed by atoms with Gasteiger partial charge in [0.2, 0.25) is 15.9 Å². The van der Waals surface area contributed by atoms with Gasteiger partial charge in [-0.3, -0.25) is 14.5 Å². The summed E-state index contributed by atoms with van der Waals surface area (Å²) in [5, 5.41) is 2.78. The SMILES string of the molecule is Cc1cccc(NC(=O)CN2C(=O)COc3ccc(S(=O)(=O)N4CCCCCC4)cc32)c1. The van der Waals surface area contributed by atoms with Crippen molar-refractivity contribution in [3.63, 3.8) is 0 Å². The predicted molar refractivity (Wildman–Crippen MR) is 121 cm³/mol. The standard InChI is InChI=1S/C23H27N3O5S/c1-17-7-6-8-18(13-17)24-22(27)15-26-20-14-19(9-10-21(20)31-16-23(26)28)32(29,30)25-11-4-2-3-5-12-25/h6-10,13-14H,2-5,11-12,15-16H2,1H3,(H,24,27). The number of hydrogen-bond donors (Lipinski definition) is 1. The number of nitrogens with zero attached hydrogens (tertiary/aromatic N) is 2. The normalized spacial score (nSPS) is 17.3. The largest absolute Gasteiger partial charge is 0.482 e. The molecule has 2 aromatic carbocycles. The Kier molecular flexibility index (Phi) is 6.48. The molecule has 0 unspecified atom stereocenters. The van der Waals surface area contributed by atoms with E-state index in [0.717, 1.165) is 31.2 Å². The van der Waals surface area contributed by atoms with Gasteiger partial charge >= 0.3 is 0 Å². The van der Waals surface area contributed by atoms with Crippen LogP contribution < -0.4 is 15.0 Å². The molecule has 4 rings (SSSR count). The maximum absolute atomic E-state index is 13.2. The number of carbonyl (C=O) groups is 2. The Hall–Kier alpha value is -2.91. The highest BCUT2D eigenvalue weighted by Crippen LogP contribution is 2.35. The van der Waals surface area contributed by atoms with Gasteiger partial charge in [0, 0.05) is 18.8 Å². The first kappa shape index (κ1) is 22.3. The highest BCUT2D eigenvalue weighted by Gasteiger charge is 2.31. The number of amides is 2. The van der Waals surface area contributed by atoms with Crippen LogP contribution in [0.25, 0.3) is 0 Å². The number of ether oxygens (including phenoxy) is 1. The van der Waals surface area contributed by atoms with Gasteiger partial charge in [-0.1, -0.05) is 25.0 Å². The molecule has 170 valence electrons. The van der Waals surface area contributed by atoms with E-state index in [1.165, 1.54) is 21.3 Å². The summed E-state index contributed by atoms with van der Waals surface area (Å²) in [6, 6.07) is 11.8. The second kappa shape index (κ2) is 9.30. The molecule has 2 aliphatic rings. The van der Waals surface area contributed by atoms with E-state index in [1.807, 2.05) is 25.1 Å². The van der Waals surface area contributed by atoms with Crippen molar-refractivity contribution in [2.24, 2.45) is 0 Å². The number of rotatable bonds is 5. The van der Waals surface area contributed by atoms with E-state index in [1.54, 1.807) is 12.1 Å². The number of sulfonamides is 1. The minimum Gasteiger partial charge on any atom is -0.482 e. The molecule has 32 heavy (non-hydrogen) atoms. The average molecular weight is 458 g/mol. The molecule has 0 bridgehead atoms. The second-order valence-electron chi connectivity index (χ2n) is 8.13. The number of benzene rings is 2. The summed E-state index contributed by atoms with van der Waals surface area (Å²) in [6.07, 6.45) is 3.69. The maximum Gasteiger partial charge on any atom is 0.265 e. The van der Waals surface area contributed by atoms with Gasteiger partial charge in [0.05, 0.1) is 10.6 Å². The van der Waals surface area contributed by atoms with Crippen molar-refractivity contribution in [3.8, 4) is 5.75 Å². The quantitative estimate of drug-likeness (QED) is 0.745. The van der Waals surface area contributed by atoms with Crippen LogP contribution in [0.2, 0.25) is 0 Å². The molecule has 0 atom stereocenters. The molecule has 0 spiro atoms. The molecular weight excluding hydrogens is 430 g/mol. The van der Waals surface area contributed by atoms with E-state index in [-0.39, 0.29) is 29.6 Å². The zero-order chi connectivity index (χ0) is 22.7. The number of aryl methyl sites for hydroxylation is 1. The summed E-state index contributed by atoms with van der Waals surface area (Å²) in [5.74, 6) is -0.401. The Balaban J connectivity index is 1.58. The van der Waals surface area contributed by atoms with Crippen molar-refractivity contribution in [1.82, 2.24) is 4.31 Å². The summed E-state index contributed by atoms with van der Waals surface area (Å²) in [7, 11) is -3.70. The Morgan fingerprint density at radius 3 is 2.53 bits per heavy atom. The lowest BCUT2D eigenvalue weighted by Gasteiger charge is -2.30. The zero-order valence-electron chi connectivity index (χ0n) is 18.0. The number of fused-ring (bicyclic) bond motifs is 1. The maximum atomic E-state index is 13.2. The van der Waals surface area contributed by atoms with E-state index in [9.17, 15) is 18.0 Å². The van der Waals surface area contributed by atoms with Crippen molar-refractivity contribution in [2.45, 2.75) is 37.5 Å². The molecule has 1 saturated heterocycles. The monoisotopic (exact) mass is 457 g/mol. The van der Waals surface area contributed by atoms with Crippen LogP contribution in [0, 0.1) is 6.92 Å². The fourth-order valence-corrected chi connectivity index (χ4v) is 5.55. The molecule has 1 fully saturated rings. The zero-order valence-corrected chi connectivity index (χ0v) is 18.9. The molecule has 0 aliphatic carbocycles. The molecular formula is C23H27N3O5S. The van der Waals surface area contributed by atoms with Crippen molar-refractivity contribution >= 4 is 33.2 Å². The third-order valence-corrected chi connectivity index (χ3v) is 7.57. The van der Waals surface area contributed by atoms with Crippen LogP contribution >= 0.6 is 0 Å². The molecule has 2 aliphatic heterocycles. The lowest BCUT2D eigenvalue weighted by molar-refractivity contribution is -0.123. The predicted octanol–water partition coefficient (Wildman–Crippen LogP) is 2.92. The van der Waals surface area contributed by atoms with Gasteiger partial charge in [0.25, 0.3) is 5.91 Å². The fourth-order valence-electron chi connectivity index (χ4n) is 4.01. The lowest BCUT2D eigenvalue weighted by atomic mass is 10.2. The van der Waals surface area contributed by atoms with Crippen LogP contribution in [0.4, 0.5) is 11.4 Å². The van der Waals surface area contributed by atoms with Gasteiger partial charge in [-0.15, -0.1) is 0 Å². The Morgan fingerprint density at radius 1 is 1.06 bits per heavy atom. The first-order valence-electron chi connectivity index (χ1n) is 10.8. The molecule has 0 radical (unpaired) electrons. The molecule has 9 heteroatoms. The first-order valence-corrected chi connectivity index (χ1v) is 12.2. The summed E-state index contributed by atoms with van der Waals surface area (Å²) in [6.45, 7) is 2.44. The van der Waals surface area contributed by atoms with Gasteiger partial charge in [-0.2, -0.15) is 4.31 Å². The number of hydrogen-bond acceptors (Lipinski definition) is 5. The molecule has 2 amide bonds. The Bertz CT molecular complexity index is 1120. The molecule has 0 saturated carbocycles. The van der Waals surface area contributed by atoms with Crippen LogP contribution in [-0.2, 0) is 19.6 Å². The lowest BCUT2D eigenvalue weighted by Crippen LogP contribution is -2.43. The van der Waals surface area contributed by atoms with Crippen LogP contribution in [0.15, 0.2) is 47.4 Å². The molecule has 2 heterocycles. The van der Waals surface area contributed by atoms with Gasteiger partial charge in [-0.05, 0) is 55.7 Å². The van der Waals surface area contributed by atoms with Gasteiger partial charge in [-0.25, -0.2) is 8.42 Å². The van der Waals surface area contributed by atoms with Gasteiger partial charge in [0.15, 0.2) is 6.61 Å². The third-order valence-electron chi connectivity index (χ3n) is 5.68. The number of nitrogens with one attached hydrogen (secondary N) is 1. The van der Waals surface area contributed by atoms with Crippen molar-refractivity contribution in [2.75, 3.05) is 36.5 Å². The van der Waals surface area contributed by atoms with Crippen molar-refractivity contribution < 1.29 is 22.7 Å². The summed E-state index contributed by atoms with van der Waals surface area (Å²) in [4.78, 5) is 26.6. The summed E-state index contributed by atoms with van der Waals surface area (Å²) in [5.41, 5.74) is 1.92. The number of anilines is 2. The highest BCUT2D eigenvalue weighted by atomic mass is 32.2. The smallest absolute Gasteiger partial charge is 0.265 e. The van der Waals surface area contributed by atoms with E-state index >= 15 is 0 Å². The molecule has 0 aromatic heterocycles. The minimum atomic E-state index is -3.70. The van der Waals surface area contributed by atoms with E-state index in [0.29, 0.717) is 24.5 Å². The number of carbonyl (C=O) groups excluding carboxylic acids is 2. The van der Waals surface area contributed by atoms with Crippen molar-refractivity contribution in [3.05, 3.63) is 48.0 Å². The van der Waals surface area contributed by atoms with Crippen LogP contribution in [0.1, 0.15) is 31.2 Å². The van der Waals surface area contributed by atoms with Crippen LogP contribution in [-0.4, -0.2) is 50.8 Å². The minimum absolute atomic E-state index is 0.0977. The second-order valence-corrected chi connectivity index (χ2v) is 10.1. The molecule has 2 aromatic rings. The fraction of sp³-hybridized carbons (Fsp3) is 0.391. The van der Waals surface area contributed by atoms with Crippen LogP contribution in [0.3, 0.4) is 0 Å². The van der Waals surface area contributed by atoms with Gasteiger partial charge in [0.1, 0.15) is 12.3 Å². The Labute approximate surface area is 188 Å². The van der Waals surface area contributed by atoms with Crippen LogP contribution in [0.5, 0.6) is 5.75 Å².